The summed E-state index contributed by atoms with van der Waals surface area (Å²) in [6.07, 6.45) is 0. The predicted octanol–water partition coefficient (Wildman–Crippen LogP) is 5.47. The summed E-state index contributed by atoms with van der Waals surface area (Å²) in [5.74, 6) is -0.0242. The summed E-state index contributed by atoms with van der Waals surface area (Å²) in [4.78, 5) is 12.6. The third-order valence-electron chi connectivity index (χ3n) is 3.75. The molecule has 0 radical (unpaired) electrons. The number of ketones is 1. The van der Waals surface area contributed by atoms with Gasteiger partial charge in [-0.25, -0.2) is 0 Å². The first kappa shape index (κ1) is 13.1. The van der Waals surface area contributed by atoms with Crippen LogP contribution in [0.3, 0.4) is 0 Å². The van der Waals surface area contributed by atoms with E-state index < -0.39 is 0 Å². The third kappa shape index (κ3) is 2.09. The monoisotopic (exact) mass is 306 g/mol. The van der Waals surface area contributed by atoms with Gasteiger partial charge in [-0.15, -0.1) is 0 Å². The van der Waals surface area contributed by atoms with Gasteiger partial charge in [-0.05, 0) is 48.5 Å². The molecule has 4 rings (SSSR count). The standard InChI is InChI=1S/C19H11ClO2/c20-14-8-5-12(6-9-14)19(21)13-7-10-18-16(11-13)15-3-1-2-4-17(15)22-18/h1-11H. The molecule has 0 spiro atoms. The zero-order chi connectivity index (χ0) is 15.1. The van der Waals surface area contributed by atoms with Crippen molar-refractivity contribution in [2.24, 2.45) is 0 Å². The Bertz CT molecular complexity index is 997. The summed E-state index contributed by atoms with van der Waals surface area (Å²) in [5.41, 5.74) is 2.88. The maximum Gasteiger partial charge on any atom is 0.193 e. The number of benzene rings is 3. The molecule has 106 valence electrons. The second-order valence-electron chi connectivity index (χ2n) is 5.15. The van der Waals surface area contributed by atoms with Crippen LogP contribution < -0.4 is 0 Å². The van der Waals surface area contributed by atoms with Crippen molar-refractivity contribution >= 4 is 39.3 Å². The van der Waals surface area contributed by atoms with Crippen molar-refractivity contribution in [2.45, 2.75) is 0 Å². The number of hydrogen-bond acceptors (Lipinski definition) is 2. The van der Waals surface area contributed by atoms with Crippen molar-refractivity contribution < 1.29 is 9.21 Å². The largest absolute Gasteiger partial charge is 0.456 e. The van der Waals surface area contributed by atoms with Gasteiger partial charge in [0.05, 0.1) is 0 Å². The lowest BCUT2D eigenvalue weighted by molar-refractivity contribution is 0.103. The Morgan fingerprint density at radius 3 is 2.27 bits per heavy atom. The van der Waals surface area contributed by atoms with E-state index in [0.29, 0.717) is 16.1 Å². The van der Waals surface area contributed by atoms with Crippen LogP contribution in [0.2, 0.25) is 5.02 Å². The van der Waals surface area contributed by atoms with Crippen molar-refractivity contribution in [1.29, 1.82) is 0 Å². The molecule has 0 unspecified atom stereocenters. The van der Waals surface area contributed by atoms with Crippen LogP contribution in [-0.2, 0) is 0 Å². The Morgan fingerprint density at radius 2 is 1.45 bits per heavy atom. The van der Waals surface area contributed by atoms with Crippen LogP contribution in [0, 0.1) is 0 Å². The van der Waals surface area contributed by atoms with Crippen molar-refractivity contribution in [3.63, 3.8) is 0 Å². The van der Waals surface area contributed by atoms with Gasteiger partial charge in [-0.2, -0.15) is 0 Å². The van der Waals surface area contributed by atoms with E-state index in [2.05, 4.69) is 0 Å². The quantitative estimate of drug-likeness (QED) is 0.460. The summed E-state index contributed by atoms with van der Waals surface area (Å²) in [7, 11) is 0. The minimum absolute atomic E-state index is 0.0242. The van der Waals surface area contributed by atoms with Gasteiger partial charge >= 0.3 is 0 Å². The Balaban J connectivity index is 1.86. The Labute approximate surface area is 131 Å². The zero-order valence-corrected chi connectivity index (χ0v) is 12.3. The van der Waals surface area contributed by atoms with E-state index in [0.717, 1.165) is 21.9 Å². The highest BCUT2D eigenvalue weighted by Gasteiger charge is 2.12. The number of carbonyl (C=O) groups excluding carboxylic acids is 1. The molecule has 0 bridgehead atoms. The molecule has 0 saturated carbocycles. The van der Waals surface area contributed by atoms with E-state index in [1.54, 1.807) is 30.3 Å². The smallest absolute Gasteiger partial charge is 0.193 e. The van der Waals surface area contributed by atoms with Gasteiger partial charge in [0.1, 0.15) is 11.2 Å². The van der Waals surface area contributed by atoms with Gasteiger partial charge in [0, 0.05) is 26.9 Å². The van der Waals surface area contributed by atoms with Gasteiger partial charge in [0.15, 0.2) is 5.78 Å². The fourth-order valence-corrected chi connectivity index (χ4v) is 2.76. The summed E-state index contributed by atoms with van der Waals surface area (Å²) in [6, 6.07) is 20.3. The van der Waals surface area contributed by atoms with Gasteiger partial charge in [0.2, 0.25) is 0 Å². The lowest BCUT2D eigenvalue weighted by atomic mass is 10.0. The Hall–Kier alpha value is -2.58. The number of furan rings is 1. The van der Waals surface area contributed by atoms with Crippen molar-refractivity contribution in [2.75, 3.05) is 0 Å². The van der Waals surface area contributed by atoms with Crippen LogP contribution in [0.15, 0.2) is 71.1 Å². The van der Waals surface area contributed by atoms with Gasteiger partial charge in [0.25, 0.3) is 0 Å². The third-order valence-corrected chi connectivity index (χ3v) is 4.00. The van der Waals surface area contributed by atoms with Crippen molar-refractivity contribution in [3.05, 3.63) is 82.9 Å². The first-order chi connectivity index (χ1) is 10.7. The first-order valence-electron chi connectivity index (χ1n) is 6.94. The molecule has 3 heteroatoms. The van der Waals surface area contributed by atoms with Crippen LogP contribution >= 0.6 is 11.6 Å². The maximum atomic E-state index is 12.6. The van der Waals surface area contributed by atoms with Crippen molar-refractivity contribution in [1.82, 2.24) is 0 Å². The van der Waals surface area contributed by atoms with Crippen molar-refractivity contribution in [3.8, 4) is 0 Å². The molecular weight excluding hydrogens is 296 g/mol. The molecule has 0 aliphatic heterocycles. The minimum atomic E-state index is -0.0242. The highest BCUT2D eigenvalue weighted by Crippen LogP contribution is 2.29. The molecule has 0 aliphatic rings. The zero-order valence-electron chi connectivity index (χ0n) is 11.5. The van der Waals surface area contributed by atoms with Crippen LogP contribution in [0.25, 0.3) is 21.9 Å². The first-order valence-corrected chi connectivity index (χ1v) is 7.32. The molecule has 0 amide bonds. The normalized spacial score (nSPS) is 11.1. The van der Waals surface area contributed by atoms with Crippen LogP contribution in [0.1, 0.15) is 15.9 Å². The maximum absolute atomic E-state index is 12.6. The summed E-state index contributed by atoms with van der Waals surface area (Å²) in [5, 5.41) is 2.59. The lowest BCUT2D eigenvalue weighted by Gasteiger charge is -2.01. The second-order valence-corrected chi connectivity index (χ2v) is 5.58. The van der Waals surface area contributed by atoms with Crippen LogP contribution in [0.5, 0.6) is 0 Å². The molecule has 2 nitrogen and oxygen atoms in total. The number of halogens is 1. The molecule has 0 fully saturated rings. The second kappa shape index (κ2) is 5.00. The minimum Gasteiger partial charge on any atom is -0.456 e. The lowest BCUT2D eigenvalue weighted by Crippen LogP contribution is -2.00. The molecule has 1 heterocycles. The molecule has 3 aromatic carbocycles. The molecule has 0 N–H and O–H groups in total. The summed E-state index contributed by atoms with van der Waals surface area (Å²) < 4.78 is 5.78. The number of hydrogen-bond donors (Lipinski definition) is 0. The fourth-order valence-electron chi connectivity index (χ4n) is 2.64. The van der Waals surface area contributed by atoms with Gasteiger partial charge in [-0.3, -0.25) is 4.79 Å². The molecule has 1 aromatic heterocycles. The SMILES string of the molecule is O=C(c1ccc(Cl)cc1)c1ccc2oc3ccccc3c2c1. The van der Waals surface area contributed by atoms with Gasteiger partial charge < -0.3 is 4.42 Å². The highest BCUT2D eigenvalue weighted by atomic mass is 35.5. The molecule has 0 atom stereocenters. The van der Waals surface area contributed by atoms with E-state index in [1.165, 1.54) is 0 Å². The highest BCUT2D eigenvalue weighted by molar-refractivity contribution is 6.30. The average molecular weight is 307 g/mol. The summed E-state index contributed by atoms with van der Waals surface area (Å²) >= 11 is 5.87. The van der Waals surface area contributed by atoms with E-state index in [4.69, 9.17) is 16.0 Å². The average Bonchev–Trinajstić information content (AvgIpc) is 2.92. The van der Waals surface area contributed by atoms with Gasteiger partial charge in [-0.1, -0.05) is 29.8 Å². The predicted molar refractivity (Wildman–Crippen MR) is 88.6 cm³/mol. The molecular formula is C19H11ClO2. The number of para-hydroxylation sites is 1. The summed E-state index contributed by atoms with van der Waals surface area (Å²) in [6.45, 7) is 0. The van der Waals surface area contributed by atoms with Crippen LogP contribution in [-0.4, -0.2) is 5.78 Å². The molecule has 4 aromatic rings. The van der Waals surface area contributed by atoms with E-state index in [-0.39, 0.29) is 5.78 Å². The molecule has 22 heavy (non-hydrogen) atoms. The Kier molecular flexibility index (Phi) is 2.98. The van der Waals surface area contributed by atoms with E-state index in [9.17, 15) is 4.79 Å². The Morgan fingerprint density at radius 1 is 0.773 bits per heavy atom. The van der Waals surface area contributed by atoms with Crippen LogP contribution in [0.4, 0.5) is 0 Å². The molecule has 0 saturated heterocycles. The fraction of sp³-hybridized carbons (Fsp3) is 0. The number of carbonyl (C=O) groups is 1. The van der Waals surface area contributed by atoms with E-state index in [1.807, 2.05) is 36.4 Å². The number of rotatable bonds is 2. The molecule has 0 aliphatic carbocycles. The number of fused-ring (bicyclic) bond motifs is 3. The van der Waals surface area contributed by atoms with E-state index >= 15 is 0 Å². The topological polar surface area (TPSA) is 30.2 Å².